The molecule has 1 aliphatic carbocycles. The lowest BCUT2D eigenvalue weighted by atomic mass is 10.1. The molecule has 2 atom stereocenters. The van der Waals surface area contributed by atoms with Gasteiger partial charge in [0.1, 0.15) is 23.4 Å². The van der Waals surface area contributed by atoms with Crippen LogP contribution in [0.2, 0.25) is 0 Å². The first kappa shape index (κ1) is 15.5. The van der Waals surface area contributed by atoms with E-state index in [1.807, 2.05) is 19.9 Å². The molecule has 120 valence electrons. The van der Waals surface area contributed by atoms with Crippen LogP contribution in [-0.4, -0.2) is 28.1 Å². The quantitative estimate of drug-likeness (QED) is 0.802. The first-order chi connectivity index (χ1) is 11.0. The molecule has 2 aromatic heterocycles. The van der Waals surface area contributed by atoms with E-state index in [0.29, 0.717) is 11.7 Å². The molecule has 0 bridgehead atoms. The predicted octanol–water partition coefficient (Wildman–Crippen LogP) is 2.61. The Bertz CT molecular complexity index is 749. The normalized spacial score (nSPS) is 20.7. The molecule has 0 spiro atoms. The fourth-order valence-electron chi connectivity index (χ4n) is 3.02. The van der Waals surface area contributed by atoms with Gasteiger partial charge in [0, 0.05) is 35.1 Å². The van der Waals surface area contributed by atoms with Gasteiger partial charge in [0.25, 0.3) is 0 Å². The van der Waals surface area contributed by atoms with Crippen LogP contribution in [-0.2, 0) is 0 Å². The number of nitrogens with zero attached hydrogens (tertiary/aromatic N) is 3. The van der Waals surface area contributed by atoms with Crippen molar-refractivity contribution in [2.45, 2.75) is 51.2 Å². The third-order valence-electron chi connectivity index (χ3n) is 4.08. The molecule has 6 heteroatoms. The summed E-state index contributed by atoms with van der Waals surface area (Å²) in [5, 5.41) is 17.8. The van der Waals surface area contributed by atoms with Crippen molar-refractivity contribution in [1.29, 1.82) is 5.26 Å². The van der Waals surface area contributed by atoms with Crippen molar-refractivity contribution in [3.05, 3.63) is 24.0 Å². The van der Waals surface area contributed by atoms with Crippen LogP contribution in [0.1, 0.15) is 38.8 Å². The minimum absolute atomic E-state index is 0.233. The van der Waals surface area contributed by atoms with Crippen molar-refractivity contribution in [2.75, 3.05) is 10.6 Å². The Kier molecular flexibility index (Phi) is 4.30. The molecule has 0 aromatic carbocycles. The summed E-state index contributed by atoms with van der Waals surface area (Å²) in [6, 6.07) is 6.76. The van der Waals surface area contributed by atoms with Gasteiger partial charge < -0.3 is 16.4 Å². The van der Waals surface area contributed by atoms with Gasteiger partial charge in [-0.05, 0) is 45.2 Å². The number of fused-ring (bicyclic) bond motifs is 1. The van der Waals surface area contributed by atoms with E-state index in [2.05, 4.69) is 26.7 Å². The van der Waals surface area contributed by atoms with E-state index in [0.717, 1.165) is 41.7 Å². The number of anilines is 2. The van der Waals surface area contributed by atoms with Gasteiger partial charge in [0.05, 0.1) is 0 Å². The zero-order valence-electron chi connectivity index (χ0n) is 13.5. The number of pyridine rings is 2. The van der Waals surface area contributed by atoms with Crippen LogP contribution in [0.3, 0.4) is 0 Å². The van der Waals surface area contributed by atoms with E-state index < -0.39 is 0 Å². The third kappa shape index (κ3) is 3.51. The number of hydrogen-bond acceptors (Lipinski definition) is 6. The Labute approximate surface area is 136 Å². The molecule has 1 aliphatic rings. The lowest BCUT2D eigenvalue weighted by Gasteiger charge is -2.16. The molecule has 2 aromatic rings. The molecular weight excluding hydrogens is 288 g/mol. The summed E-state index contributed by atoms with van der Waals surface area (Å²) >= 11 is 0. The predicted molar refractivity (Wildman–Crippen MR) is 92.2 cm³/mol. The molecule has 6 nitrogen and oxygen atoms in total. The molecule has 23 heavy (non-hydrogen) atoms. The van der Waals surface area contributed by atoms with Crippen molar-refractivity contribution >= 4 is 22.4 Å². The second-order valence-electron chi connectivity index (χ2n) is 6.47. The van der Waals surface area contributed by atoms with Crippen LogP contribution >= 0.6 is 0 Å². The van der Waals surface area contributed by atoms with E-state index >= 15 is 0 Å². The van der Waals surface area contributed by atoms with Crippen molar-refractivity contribution in [2.24, 2.45) is 5.73 Å². The number of aromatic nitrogens is 2. The number of nitriles is 1. The number of nitrogens with one attached hydrogen (secondary N) is 2. The molecular formula is C17H22N6. The van der Waals surface area contributed by atoms with Crippen molar-refractivity contribution in [3.8, 4) is 6.07 Å². The maximum absolute atomic E-state index is 9.14. The summed E-state index contributed by atoms with van der Waals surface area (Å²) in [7, 11) is 0. The topological polar surface area (TPSA) is 99.6 Å². The lowest BCUT2D eigenvalue weighted by Crippen LogP contribution is -2.21. The Hall–Kier alpha value is -2.39. The van der Waals surface area contributed by atoms with Crippen LogP contribution in [0.4, 0.5) is 11.6 Å². The van der Waals surface area contributed by atoms with E-state index in [1.54, 1.807) is 12.3 Å². The highest BCUT2D eigenvalue weighted by molar-refractivity contribution is 5.93. The number of nitrogens with two attached hydrogens (primary N) is 1. The molecule has 0 saturated heterocycles. The van der Waals surface area contributed by atoms with E-state index in [-0.39, 0.29) is 12.1 Å². The van der Waals surface area contributed by atoms with Crippen molar-refractivity contribution in [3.63, 3.8) is 0 Å². The molecule has 0 amide bonds. The van der Waals surface area contributed by atoms with Crippen molar-refractivity contribution < 1.29 is 0 Å². The molecule has 4 N–H and O–H groups in total. The Morgan fingerprint density at radius 1 is 1.35 bits per heavy atom. The first-order valence-corrected chi connectivity index (χ1v) is 8.04. The lowest BCUT2D eigenvalue weighted by molar-refractivity contribution is 0.687. The fraction of sp³-hybridized carbons (Fsp3) is 0.471. The second kappa shape index (κ2) is 6.39. The fourth-order valence-corrected chi connectivity index (χ4v) is 3.02. The highest BCUT2D eigenvalue weighted by atomic mass is 15.0. The molecule has 1 unspecified atom stereocenters. The molecule has 3 rings (SSSR count). The molecule has 1 saturated carbocycles. The minimum atomic E-state index is 0.233. The summed E-state index contributed by atoms with van der Waals surface area (Å²) in [5.41, 5.74) is 6.36. The minimum Gasteiger partial charge on any atom is -0.367 e. The van der Waals surface area contributed by atoms with Gasteiger partial charge in [0.2, 0.25) is 0 Å². The molecule has 0 radical (unpaired) electrons. The van der Waals surface area contributed by atoms with Crippen LogP contribution < -0.4 is 16.4 Å². The Morgan fingerprint density at radius 2 is 2.17 bits per heavy atom. The van der Waals surface area contributed by atoms with Gasteiger partial charge in [-0.2, -0.15) is 5.26 Å². The molecule has 2 heterocycles. The van der Waals surface area contributed by atoms with Gasteiger partial charge >= 0.3 is 0 Å². The highest BCUT2D eigenvalue weighted by Gasteiger charge is 2.22. The van der Waals surface area contributed by atoms with E-state index in [9.17, 15) is 0 Å². The SMILES string of the molecule is CC(C)Nc1nc(C#N)cc2cnc(NC3CC[C@H](N)C3)cc12. The Morgan fingerprint density at radius 3 is 2.83 bits per heavy atom. The highest BCUT2D eigenvalue weighted by Crippen LogP contribution is 2.27. The largest absolute Gasteiger partial charge is 0.367 e. The van der Waals surface area contributed by atoms with Gasteiger partial charge in [0.15, 0.2) is 0 Å². The summed E-state index contributed by atoms with van der Waals surface area (Å²) < 4.78 is 0. The zero-order chi connectivity index (χ0) is 16.4. The summed E-state index contributed by atoms with van der Waals surface area (Å²) in [6.07, 6.45) is 4.89. The van der Waals surface area contributed by atoms with Gasteiger partial charge in [-0.3, -0.25) is 0 Å². The first-order valence-electron chi connectivity index (χ1n) is 8.04. The summed E-state index contributed by atoms with van der Waals surface area (Å²) in [5.74, 6) is 1.55. The van der Waals surface area contributed by atoms with Crippen LogP contribution in [0.25, 0.3) is 10.8 Å². The maximum atomic E-state index is 9.14. The summed E-state index contributed by atoms with van der Waals surface area (Å²) in [4.78, 5) is 8.87. The number of rotatable bonds is 4. The maximum Gasteiger partial charge on any atom is 0.143 e. The standard InChI is InChI=1S/C17H22N6/c1-10(2)21-17-15-7-16(22-13-4-3-12(19)6-13)20-9-11(15)5-14(8-18)23-17/h5,7,9-10,12-13H,3-4,6,19H2,1-2H3,(H,20,22)(H,21,23)/t12-,13?/m0/s1. The van der Waals surface area contributed by atoms with E-state index in [4.69, 9.17) is 11.0 Å². The van der Waals surface area contributed by atoms with Crippen LogP contribution in [0.5, 0.6) is 0 Å². The van der Waals surface area contributed by atoms with Gasteiger partial charge in [-0.15, -0.1) is 0 Å². The zero-order valence-corrected chi connectivity index (χ0v) is 13.5. The monoisotopic (exact) mass is 310 g/mol. The molecule has 1 fully saturated rings. The van der Waals surface area contributed by atoms with Crippen LogP contribution in [0, 0.1) is 11.3 Å². The third-order valence-corrected chi connectivity index (χ3v) is 4.08. The number of hydrogen-bond donors (Lipinski definition) is 3. The summed E-state index contributed by atoms with van der Waals surface area (Å²) in [6.45, 7) is 4.10. The molecule has 0 aliphatic heterocycles. The smallest absolute Gasteiger partial charge is 0.143 e. The average Bonchev–Trinajstić information content (AvgIpc) is 2.92. The van der Waals surface area contributed by atoms with Crippen molar-refractivity contribution in [1.82, 2.24) is 9.97 Å². The average molecular weight is 310 g/mol. The van der Waals surface area contributed by atoms with Gasteiger partial charge in [-0.25, -0.2) is 9.97 Å². The second-order valence-corrected chi connectivity index (χ2v) is 6.47. The van der Waals surface area contributed by atoms with Gasteiger partial charge in [-0.1, -0.05) is 0 Å². The van der Waals surface area contributed by atoms with Crippen LogP contribution in [0.15, 0.2) is 18.3 Å². The van der Waals surface area contributed by atoms with E-state index in [1.165, 1.54) is 0 Å². The Balaban J connectivity index is 1.95.